The minimum Gasteiger partial charge on any atom is -0.353 e. The molecule has 1 saturated carbocycles. The molecule has 1 aliphatic carbocycles. The van der Waals surface area contributed by atoms with Gasteiger partial charge in [0.2, 0.25) is 5.91 Å². The van der Waals surface area contributed by atoms with E-state index in [2.05, 4.69) is 5.32 Å². The predicted molar refractivity (Wildman–Crippen MR) is 76.4 cm³/mol. The summed E-state index contributed by atoms with van der Waals surface area (Å²) >= 11 is 0. The summed E-state index contributed by atoms with van der Waals surface area (Å²) < 4.78 is 0. The van der Waals surface area contributed by atoms with Crippen LogP contribution >= 0.6 is 0 Å². The molecule has 1 fully saturated rings. The maximum absolute atomic E-state index is 12.2. The van der Waals surface area contributed by atoms with E-state index in [0.29, 0.717) is 6.54 Å². The summed E-state index contributed by atoms with van der Waals surface area (Å²) in [5.74, 6) is -0.0569. The van der Waals surface area contributed by atoms with Crippen LogP contribution in [0.1, 0.15) is 43.7 Å². The molecule has 1 aromatic carbocycles. The lowest BCUT2D eigenvalue weighted by molar-refractivity contribution is -0.127. The highest BCUT2D eigenvalue weighted by atomic mass is 16.2. The Morgan fingerprint density at radius 2 is 1.84 bits per heavy atom. The van der Waals surface area contributed by atoms with Gasteiger partial charge in [-0.1, -0.05) is 49.6 Å². The third kappa shape index (κ3) is 3.55. The topological polar surface area (TPSA) is 81.1 Å². The molecule has 4 nitrogen and oxygen atoms in total. The first kappa shape index (κ1) is 14.0. The fourth-order valence-electron chi connectivity index (χ4n) is 2.61. The van der Waals surface area contributed by atoms with Gasteiger partial charge in [-0.25, -0.2) is 0 Å². The Bertz CT molecular complexity index is 413. The van der Waals surface area contributed by atoms with Crippen molar-refractivity contribution in [3.05, 3.63) is 35.9 Å². The molecule has 0 aliphatic heterocycles. The van der Waals surface area contributed by atoms with Crippen molar-refractivity contribution in [3.8, 4) is 0 Å². The summed E-state index contributed by atoms with van der Waals surface area (Å²) in [4.78, 5) is 12.2. The number of hydrogen-bond acceptors (Lipinski definition) is 3. The Balaban J connectivity index is 1.86. The second kappa shape index (κ2) is 6.17. The molecule has 1 aliphatic rings. The quantitative estimate of drug-likeness (QED) is 0.767. The highest BCUT2D eigenvalue weighted by Crippen LogP contribution is 2.26. The Hall–Kier alpha value is -1.39. The molecule has 1 aromatic rings. The molecule has 1 unspecified atom stereocenters. The highest BCUT2D eigenvalue weighted by molar-refractivity contribution is 5.86. The van der Waals surface area contributed by atoms with Crippen molar-refractivity contribution in [3.63, 3.8) is 0 Å². The van der Waals surface area contributed by atoms with E-state index in [1.165, 1.54) is 6.42 Å². The molecule has 0 aromatic heterocycles. The Labute approximate surface area is 114 Å². The lowest BCUT2D eigenvalue weighted by Gasteiger charge is -2.32. The molecule has 0 saturated heterocycles. The first-order valence-corrected chi connectivity index (χ1v) is 6.99. The molecule has 1 atom stereocenters. The standard InChI is InChI=1S/C15H23N3O/c16-13(12-7-3-1-4-8-12)11-18-14(19)15(17)9-5-2-6-10-15/h1,3-4,7-8,13H,2,5-6,9-11,16-17H2,(H,18,19). The van der Waals surface area contributed by atoms with E-state index in [-0.39, 0.29) is 11.9 Å². The fraction of sp³-hybridized carbons (Fsp3) is 0.533. The number of rotatable bonds is 4. The summed E-state index contributed by atoms with van der Waals surface area (Å²) in [5, 5.41) is 2.90. The molecule has 19 heavy (non-hydrogen) atoms. The SMILES string of the molecule is NC(CNC(=O)C1(N)CCCCC1)c1ccccc1. The molecule has 0 radical (unpaired) electrons. The van der Waals surface area contributed by atoms with E-state index in [1.54, 1.807) is 0 Å². The number of carbonyl (C=O) groups excluding carboxylic acids is 1. The monoisotopic (exact) mass is 261 g/mol. The lowest BCUT2D eigenvalue weighted by atomic mass is 9.82. The van der Waals surface area contributed by atoms with Crippen molar-refractivity contribution in [1.29, 1.82) is 0 Å². The third-order valence-electron chi connectivity index (χ3n) is 3.91. The zero-order valence-corrected chi connectivity index (χ0v) is 11.3. The van der Waals surface area contributed by atoms with Gasteiger partial charge in [-0.05, 0) is 18.4 Å². The van der Waals surface area contributed by atoms with Crippen LogP contribution in [0.15, 0.2) is 30.3 Å². The van der Waals surface area contributed by atoms with Crippen molar-refractivity contribution in [2.45, 2.75) is 43.7 Å². The minimum atomic E-state index is -0.686. The van der Waals surface area contributed by atoms with Gasteiger partial charge in [-0.2, -0.15) is 0 Å². The zero-order chi connectivity index (χ0) is 13.7. The van der Waals surface area contributed by atoms with Crippen molar-refractivity contribution in [1.82, 2.24) is 5.32 Å². The van der Waals surface area contributed by atoms with Crippen LogP contribution < -0.4 is 16.8 Å². The largest absolute Gasteiger partial charge is 0.353 e. The fourth-order valence-corrected chi connectivity index (χ4v) is 2.61. The van der Waals surface area contributed by atoms with Crippen LogP contribution in [-0.4, -0.2) is 18.0 Å². The first-order valence-electron chi connectivity index (χ1n) is 6.99. The van der Waals surface area contributed by atoms with E-state index in [4.69, 9.17) is 11.5 Å². The van der Waals surface area contributed by atoms with Gasteiger partial charge < -0.3 is 16.8 Å². The van der Waals surface area contributed by atoms with E-state index < -0.39 is 5.54 Å². The molecule has 0 spiro atoms. The van der Waals surface area contributed by atoms with Gasteiger partial charge in [0, 0.05) is 12.6 Å². The average Bonchev–Trinajstić information content (AvgIpc) is 2.46. The first-order chi connectivity index (χ1) is 9.12. The van der Waals surface area contributed by atoms with E-state index in [1.807, 2.05) is 30.3 Å². The number of nitrogens with two attached hydrogens (primary N) is 2. The smallest absolute Gasteiger partial charge is 0.240 e. The summed E-state index contributed by atoms with van der Waals surface area (Å²) in [7, 11) is 0. The molecule has 0 heterocycles. The van der Waals surface area contributed by atoms with Crippen LogP contribution in [0.4, 0.5) is 0 Å². The van der Waals surface area contributed by atoms with Crippen LogP contribution in [-0.2, 0) is 4.79 Å². The molecule has 2 rings (SSSR count). The second-order valence-corrected chi connectivity index (χ2v) is 5.44. The summed E-state index contributed by atoms with van der Waals surface area (Å²) in [5.41, 5.74) is 12.6. The zero-order valence-electron chi connectivity index (χ0n) is 11.3. The van der Waals surface area contributed by atoms with Gasteiger partial charge in [0.15, 0.2) is 0 Å². The molecule has 104 valence electrons. The molecular formula is C15H23N3O. The molecule has 4 heteroatoms. The van der Waals surface area contributed by atoms with Crippen LogP contribution in [0.2, 0.25) is 0 Å². The normalized spacial score (nSPS) is 19.7. The van der Waals surface area contributed by atoms with E-state index in [9.17, 15) is 4.79 Å². The second-order valence-electron chi connectivity index (χ2n) is 5.44. The Morgan fingerprint density at radius 1 is 1.21 bits per heavy atom. The summed E-state index contributed by atoms with van der Waals surface area (Å²) in [6.07, 6.45) is 4.80. The summed E-state index contributed by atoms with van der Waals surface area (Å²) in [6, 6.07) is 9.60. The highest BCUT2D eigenvalue weighted by Gasteiger charge is 2.35. The number of nitrogens with one attached hydrogen (secondary N) is 1. The van der Waals surface area contributed by atoms with Crippen molar-refractivity contribution in [2.24, 2.45) is 11.5 Å². The van der Waals surface area contributed by atoms with Crippen molar-refractivity contribution < 1.29 is 4.79 Å². The molecular weight excluding hydrogens is 238 g/mol. The van der Waals surface area contributed by atoms with Crippen LogP contribution in [0.3, 0.4) is 0 Å². The van der Waals surface area contributed by atoms with Gasteiger partial charge in [-0.3, -0.25) is 4.79 Å². The maximum Gasteiger partial charge on any atom is 0.240 e. The molecule has 5 N–H and O–H groups in total. The minimum absolute atomic E-state index is 0.0569. The maximum atomic E-state index is 12.2. The number of amides is 1. The van der Waals surface area contributed by atoms with Gasteiger partial charge in [0.05, 0.1) is 5.54 Å². The third-order valence-corrected chi connectivity index (χ3v) is 3.91. The van der Waals surface area contributed by atoms with Gasteiger partial charge in [0.1, 0.15) is 0 Å². The number of carbonyl (C=O) groups is 1. The van der Waals surface area contributed by atoms with Gasteiger partial charge in [0.25, 0.3) is 0 Å². The van der Waals surface area contributed by atoms with E-state index >= 15 is 0 Å². The van der Waals surface area contributed by atoms with Crippen molar-refractivity contribution in [2.75, 3.05) is 6.54 Å². The number of benzene rings is 1. The molecule has 0 bridgehead atoms. The van der Waals surface area contributed by atoms with Crippen LogP contribution in [0.25, 0.3) is 0 Å². The average molecular weight is 261 g/mol. The van der Waals surface area contributed by atoms with Crippen LogP contribution in [0, 0.1) is 0 Å². The Morgan fingerprint density at radius 3 is 2.47 bits per heavy atom. The number of hydrogen-bond donors (Lipinski definition) is 3. The molecule has 1 amide bonds. The van der Waals surface area contributed by atoms with Gasteiger partial charge >= 0.3 is 0 Å². The summed E-state index contributed by atoms with van der Waals surface area (Å²) in [6.45, 7) is 0.432. The van der Waals surface area contributed by atoms with E-state index in [0.717, 1.165) is 31.2 Å². The van der Waals surface area contributed by atoms with Gasteiger partial charge in [-0.15, -0.1) is 0 Å². The Kier molecular flexibility index (Phi) is 4.56. The lowest BCUT2D eigenvalue weighted by Crippen LogP contribution is -2.55. The van der Waals surface area contributed by atoms with Crippen LogP contribution in [0.5, 0.6) is 0 Å². The van der Waals surface area contributed by atoms with Crippen molar-refractivity contribution >= 4 is 5.91 Å². The predicted octanol–water partition coefficient (Wildman–Crippen LogP) is 1.46.